The monoisotopic (exact) mass is 434 g/mol. The van der Waals surface area contributed by atoms with Gasteiger partial charge in [0, 0.05) is 17.3 Å². The van der Waals surface area contributed by atoms with Crippen molar-refractivity contribution in [2.24, 2.45) is 0 Å². The summed E-state index contributed by atoms with van der Waals surface area (Å²) in [6.45, 7) is 1.32. The second kappa shape index (κ2) is 6.96. The summed E-state index contributed by atoms with van der Waals surface area (Å²) in [4.78, 5) is 30.4. The second-order valence-electron chi connectivity index (χ2n) is 7.68. The topological polar surface area (TPSA) is 94.6 Å². The zero-order valence-corrected chi connectivity index (χ0v) is 16.7. The summed E-state index contributed by atoms with van der Waals surface area (Å²) < 4.78 is 27.3. The van der Waals surface area contributed by atoms with Gasteiger partial charge in [0.2, 0.25) is 0 Å². The molecule has 5 rings (SSSR count). The number of amides is 2. The molecule has 3 N–H and O–H groups in total. The maximum Gasteiger partial charge on any atom is 0.270 e. The lowest BCUT2D eigenvalue weighted by Crippen LogP contribution is -2.41. The van der Waals surface area contributed by atoms with E-state index in [-0.39, 0.29) is 11.1 Å². The van der Waals surface area contributed by atoms with E-state index in [1.807, 2.05) is 0 Å². The van der Waals surface area contributed by atoms with E-state index >= 15 is 0 Å². The standard InChI is InChI=1S/C23H16F2N4O3/c1-23(32)18-9-14(25)3-5-20(18)29(22(23)31)15-6-12(10-26-11-15)7-19-16-4-2-13(24)8-17(16)21(30)28-27-19/h2-11,27,32H,1H3,(H,28,30). The molecule has 3 aromatic rings. The van der Waals surface area contributed by atoms with Crippen molar-refractivity contribution in [2.45, 2.75) is 12.5 Å². The molecule has 2 amide bonds. The van der Waals surface area contributed by atoms with E-state index in [0.29, 0.717) is 28.2 Å². The van der Waals surface area contributed by atoms with Crippen LogP contribution in [0.3, 0.4) is 0 Å². The third-order valence-electron chi connectivity index (χ3n) is 5.48. The third kappa shape index (κ3) is 3.02. The van der Waals surface area contributed by atoms with E-state index in [1.54, 1.807) is 18.3 Å². The Kier molecular flexibility index (Phi) is 4.31. The van der Waals surface area contributed by atoms with Crippen molar-refractivity contribution in [3.63, 3.8) is 0 Å². The predicted octanol–water partition coefficient (Wildman–Crippen LogP) is 2.99. The van der Waals surface area contributed by atoms with Crippen LogP contribution in [0, 0.1) is 11.6 Å². The molecule has 1 aromatic heterocycles. The summed E-state index contributed by atoms with van der Waals surface area (Å²) in [6, 6.07) is 9.33. The molecule has 2 aliphatic heterocycles. The number of hydrazine groups is 1. The molecule has 0 aliphatic carbocycles. The van der Waals surface area contributed by atoms with Crippen molar-refractivity contribution >= 4 is 35.0 Å². The molecule has 0 radical (unpaired) electrons. The van der Waals surface area contributed by atoms with Gasteiger partial charge in [-0.15, -0.1) is 0 Å². The molecule has 1 atom stereocenters. The molecule has 2 aliphatic rings. The molecule has 160 valence electrons. The summed E-state index contributed by atoms with van der Waals surface area (Å²) in [5.41, 5.74) is 6.00. The predicted molar refractivity (Wildman–Crippen MR) is 112 cm³/mol. The van der Waals surface area contributed by atoms with E-state index in [0.717, 1.165) is 12.1 Å². The molecule has 0 saturated heterocycles. The van der Waals surface area contributed by atoms with E-state index in [4.69, 9.17) is 0 Å². The Morgan fingerprint density at radius 3 is 2.56 bits per heavy atom. The van der Waals surface area contributed by atoms with Crippen molar-refractivity contribution in [1.82, 2.24) is 15.8 Å². The number of nitrogens with zero attached hydrogens (tertiary/aromatic N) is 2. The minimum atomic E-state index is -1.88. The Balaban J connectivity index is 1.57. The third-order valence-corrected chi connectivity index (χ3v) is 5.48. The van der Waals surface area contributed by atoms with Crippen LogP contribution in [0.25, 0.3) is 11.8 Å². The lowest BCUT2D eigenvalue weighted by molar-refractivity contribution is -0.133. The zero-order valence-electron chi connectivity index (χ0n) is 16.7. The number of fused-ring (bicyclic) bond motifs is 2. The summed E-state index contributed by atoms with van der Waals surface area (Å²) in [7, 11) is 0. The lowest BCUT2D eigenvalue weighted by Gasteiger charge is -2.22. The molecule has 7 nitrogen and oxygen atoms in total. The number of carbonyl (C=O) groups is 2. The summed E-state index contributed by atoms with van der Waals surface area (Å²) in [5, 5.41) is 10.7. The molecule has 0 saturated carbocycles. The minimum absolute atomic E-state index is 0.166. The molecule has 0 spiro atoms. The fourth-order valence-corrected chi connectivity index (χ4v) is 3.92. The molecule has 0 fully saturated rings. The first-order valence-corrected chi connectivity index (χ1v) is 9.66. The number of halogens is 2. The summed E-state index contributed by atoms with van der Waals surface area (Å²) in [5.74, 6) is -2.18. The van der Waals surface area contributed by atoms with E-state index < -0.39 is 29.0 Å². The van der Waals surface area contributed by atoms with Gasteiger partial charge in [-0.3, -0.25) is 30.3 Å². The minimum Gasteiger partial charge on any atom is -0.375 e. The van der Waals surface area contributed by atoms with Gasteiger partial charge in [0.25, 0.3) is 11.8 Å². The number of aliphatic hydroxyl groups is 1. The molecular weight excluding hydrogens is 418 g/mol. The fraction of sp³-hybridized carbons (Fsp3) is 0.0870. The summed E-state index contributed by atoms with van der Waals surface area (Å²) >= 11 is 0. The molecule has 1 unspecified atom stereocenters. The van der Waals surface area contributed by atoms with Gasteiger partial charge in [0.15, 0.2) is 5.60 Å². The van der Waals surface area contributed by atoms with Crippen LogP contribution in [-0.2, 0) is 10.4 Å². The highest BCUT2D eigenvalue weighted by atomic mass is 19.1. The van der Waals surface area contributed by atoms with Crippen LogP contribution in [0.4, 0.5) is 20.2 Å². The zero-order chi connectivity index (χ0) is 22.6. The van der Waals surface area contributed by atoms with E-state index in [2.05, 4.69) is 15.8 Å². The first-order valence-electron chi connectivity index (χ1n) is 9.66. The van der Waals surface area contributed by atoms with Gasteiger partial charge in [0.1, 0.15) is 11.6 Å². The Labute approximate surface area is 181 Å². The van der Waals surface area contributed by atoms with Crippen LogP contribution in [0.1, 0.15) is 34.0 Å². The maximum atomic E-state index is 13.7. The number of benzene rings is 2. The van der Waals surface area contributed by atoms with Gasteiger partial charge in [-0.1, -0.05) is 0 Å². The summed E-state index contributed by atoms with van der Waals surface area (Å²) in [6.07, 6.45) is 4.67. The molecule has 32 heavy (non-hydrogen) atoms. The van der Waals surface area contributed by atoms with Crippen LogP contribution < -0.4 is 15.8 Å². The van der Waals surface area contributed by atoms with Gasteiger partial charge in [-0.05, 0) is 61.0 Å². The van der Waals surface area contributed by atoms with Crippen LogP contribution in [0.2, 0.25) is 0 Å². The number of nitrogens with one attached hydrogen (secondary N) is 2. The van der Waals surface area contributed by atoms with Crippen molar-refractivity contribution in [3.8, 4) is 0 Å². The van der Waals surface area contributed by atoms with Gasteiger partial charge >= 0.3 is 0 Å². The lowest BCUT2D eigenvalue weighted by atomic mass is 9.98. The van der Waals surface area contributed by atoms with E-state index in [9.17, 15) is 23.5 Å². The maximum absolute atomic E-state index is 13.7. The highest BCUT2D eigenvalue weighted by molar-refractivity contribution is 6.11. The average molecular weight is 434 g/mol. The number of pyridine rings is 1. The van der Waals surface area contributed by atoms with Crippen LogP contribution >= 0.6 is 0 Å². The van der Waals surface area contributed by atoms with Crippen LogP contribution in [0.15, 0.2) is 54.9 Å². The number of hydrogen-bond acceptors (Lipinski definition) is 5. The first kappa shape index (κ1) is 19.8. The van der Waals surface area contributed by atoms with Crippen molar-refractivity contribution in [1.29, 1.82) is 0 Å². The van der Waals surface area contributed by atoms with E-state index in [1.165, 1.54) is 42.3 Å². The van der Waals surface area contributed by atoms with Crippen molar-refractivity contribution in [2.75, 3.05) is 4.90 Å². The van der Waals surface area contributed by atoms with Crippen LogP contribution in [-0.4, -0.2) is 21.9 Å². The number of hydrogen-bond donors (Lipinski definition) is 3. The SMILES string of the molecule is CC1(O)C(=O)N(c2cncc(C=C3NNC(=O)c4cc(F)ccc43)c2)c2ccc(F)cc21. The van der Waals surface area contributed by atoms with Crippen LogP contribution in [0.5, 0.6) is 0 Å². The highest BCUT2D eigenvalue weighted by Gasteiger charge is 2.47. The molecule has 3 heterocycles. The number of carbonyl (C=O) groups excluding carboxylic acids is 2. The average Bonchev–Trinajstić information content (AvgIpc) is 2.96. The number of aromatic nitrogens is 1. The Hall–Kier alpha value is -4.11. The Morgan fingerprint density at radius 2 is 1.75 bits per heavy atom. The molecule has 2 aromatic carbocycles. The quantitative estimate of drug-likeness (QED) is 0.577. The van der Waals surface area contributed by atoms with Gasteiger partial charge in [-0.2, -0.15) is 0 Å². The van der Waals surface area contributed by atoms with Gasteiger partial charge in [0.05, 0.1) is 28.8 Å². The first-order chi connectivity index (χ1) is 15.3. The number of anilines is 2. The van der Waals surface area contributed by atoms with Gasteiger partial charge in [-0.25, -0.2) is 8.78 Å². The Bertz CT molecular complexity index is 1340. The largest absolute Gasteiger partial charge is 0.375 e. The Morgan fingerprint density at radius 1 is 1.00 bits per heavy atom. The molecule has 9 heteroatoms. The second-order valence-corrected chi connectivity index (χ2v) is 7.68. The molecular formula is C23H16F2N4O3. The smallest absolute Gasteiger partial charge is 0.270 e. The fourth-order valence-electron chi connectivity index (χ4n) is 3.92. The van der Waals surface area contributed by atoms with Gasteiger partial charge < -0.3 is 5.11 Å². The van der Waals surface area contributed by atoms with Crippen molar-refractivity contribution in [3.05, 3.63) is 88.7 Å². The highest BCUT2D eigenvalue weighted by Crippen LogP contribution is 2.44. The van der Waals surface area contributed by atoms with Crippen molar-refractivity contribution < 1.29 is 23.5 Å². The normalized spacial score (nSPS) is 20.6. The molecule has 0 bridgehead atoms. The number of rotatable bonds is 2.